The first-order chi connectivity index (χ1) is 16.0. The Kier molecular flexibility index (Phi) is 5.76. The molecular weight excluding hydrogens is 444 g/mol. The fraction of sp³-hybridized carbons (Fsp3) is 0.240. The van der Waals surface area contributed by atoms with E-state index in [1.165, 1.54) is 35.6 Å². The molecule has 1 aliphatic heterocycles. The van der Waals surface area contributed by atoms with Crippen LogP contribution in [-0.4, -0.2) is 27.3 Å². The van der Waals surface area contributed by atoms with E-state index in [0.29, 0.717) is 40.2 Å². The first-order valence-corrected chi connectivity index (χ1v) is 11.5. The van der Waals surface area contributed by atoms with E-state index >= 15 is 0 Å². The molecular formula is C25H21F2N3O2S. The highest BCUT2D eigenvalue weighted by Gasteiger charge is 2.35. The van der Waals surface area contributed by atoms with Crippen molar-refractivity contribution >= 4 is 17.2 Å². The predicted octanol–water partition coefficient (Wildman–Crippen LogP) is 5.95. The molecule has 168 valence electrons. The number of carbonyl (C=O) groups is 1. The molecule has 2 aromatic heterocycles. The van der Waals surface area contributed by atoms with Crippen LogP contribution >= 0.6 is 11.3 Å². The zero-order chi connectivity index (χ0) is 22.9. The number of oxazole rings is 1. The average Bonchev–Trinajstić information content (AvgIpc) is 3.55. The number of amides is 1. The molecule has 2 aromatic carbocycles. The van der Waals surface area contributed by atoms with Gasteiger partial charge in [-0.3, -0.25) is 4.79 Å². The maximum absolute atomic E-state index is 13.4. The summed E-state index contributed by atoms with van der Waals surface area (Å²) in [6.07, 6.45) is 3.80. The van der Waals surface area contributed by atoms with Crippen molar-refractivity contribution in [3.05, 3.63) is 94.1 Å². The van der Waals surface area contributed by atoms with Crippen molar-refractivity contribution in [1.82, 2.24) is 14.9 Å². The van der Waals surface area contributed by atoms with Crippen LogP contribution in [0.15, 0.2) is 59.1 Å². The summed E-state index contributed by atoms with van der Waals surface area (Å²) < 4.78 is 32.4. The molecule has 3 heterocycles. The third kappa shape index (κ3) is 4.43. The molecule has 0 N–H and O–H groups in total. The third-order valence-corrected chi connectivity index (χ3v) is 6.94. The number of nitrogens with zero attached hydrogens (tertiary/aromatic N) is 3. The monoisotopic (exact) mass is 465 g/mol. The van der Waals surface area contributed by atoms with Crippen molar-refractivity contribution in [2.45, 2.75) is 32.2 Å². The third-order valence-electron chi connectivity index (χ3n) is 5.74. The van der Waals surface area contributed by atoms with Gasteiger partial charge >= 0.3 is 0 Å². The zero-order valence-electron chi connectivity index (χ0n) is 17.9. The molecule has 1 aliphatic rings. The lowest BCUT2D eigenvalue weighted by molar-refractivity contribution is 0.0718. The number of carbonyl (C=O) groups excluding carboxylic acids is 1. The standard InChI is InChI=1S/C25H21F2N3O2S/c1-15-22(33-24(29-15)17-6-10-19(27)11-7-17)25(31)30-12-2-3-21(30)23-28-14-20(32-23)13-16-4-8-18(26)9-5-16/h4-11,14,21H,2-3,12-13H2,1H3. The van der Waals surface area contributed by atoms with E-state index in [9.17, 15) is 13.6 Å². The molecule has 1 unspecified atom stereocenters. The van der Waals surface area contributed by atoms with E-state index in [-0.39, 0.29) is 23.6 Å². The minimum atomic E-state index is -0.312. The fourth-order valence-corrected chi connectivity index (χ4v) is 5.10. The largest absolute Gasteiger partial charge is 0.443 e. The summed E-state index contributed by atoms with van der Waals surface area (Å²) in [5, 5.41) is 0.685. The minimum absolute atomic E-state index is 0.0980. The highest BCUT2D eigenvalue weighted by molar-refractivity contribution is 7.17. The molecule has 1 amide bonds. The average molecular weight is 466 g/mol. The number of benzene rings is 2. The molecule has 1 atom stereocenters. The van der Waals surface area contributed by atoms with Crippen LogP contribution in [0.25, 0.3) is 10.6 Å². The van der Waals surface area contributed by atoms with Gasteiger partial charge in [-0.1, -0.05) is 12.1 Å². The molecule has 5 nitrogen and oxygen atoms in total. The fourth-order valence-electron chi connectivity index (χ4n) is 4.07. The van der Waals surface area contributed by atoms with Crippen LogP contribution in [0, 0.1) is 18.6 Å². The lowest BCUT2D eigenvalue weighted by atomic mass is 10.1. The van der Waals surface area contributed by atoms with Gasteiger partial charge in [0.15, 0.2) is 0 Å². The van der Waals surface area contributed by atoms with Gasteiger partial charge in [0, 0.05) is 18.5 Å². The Morgan fingerprint density at radius 2 is 1.82 bits per heavy atom. The van der Waals surface area contributed by atoms with Crippen LogP contribution in [-0.2, 0) is 6.42 Å². The van der Waals surface area contributed by atoms with E-state index in [2.05, 4.69) is 9.97 Å². The normalized spacial score (nSPS) is 15.8. The quantitative estimate of drug-likeness (QED) is 0.365. The van der Waals surface area contributed by atoms with Gasteiger partial charge in [-0.15, -0.1) is 11.3 Å². The molecule has 0 bridgehead atoms. The number of thiazole rings is 1. The van der Waals surface area contributed by atoms with E-state index in [4.69, 9.17) is 4.42 Å². The summed E-state index contributed by atoms with van der Waals surface area (Å²) in [7, 11) is 0. The van der Waals surface area contributed by atoms with Crippen LogP contribution in [0.2, 0.25) is 0 Å². The summed E-state index contributed by atoms with van der Waals surface area (Å²) in [4.78, 5) is 24.8. The van der Waals surface area contributed by atoms with Gasteiger partial charge in [0.1, 0.15) is 33.3 Å². The number of hydrogen-bond acceptors (Lipinski definition) is 5. The van der Waals surface area contributed by atoms with Gasteiger partial charge in [0.2, 0.25) is 5.89 Å². The molecule has 5 rings (SSSR count). The van der Waals surface area contributed by atoms with E-state index < -0.39 is 0 Å². The summed E-state index contributed by atoms with van der Waals surface area (Å²) >= 11 is 1.31. The second-order valence-corrected chi connectivity index (χ2v) is 9.06. The van der Waals surface area contributed by atoms with Crippen molar-refractivity contribution < 1.29 is 18.0 Å². The van der Waals surface area contributed by atoms with Crippen molar-refractivity contribution in [3.8, 4) is 10.6 Å². The minimum Gasteiger partial charge on any atom is -0.443 e. The first-order valence-electron chi connectivity index (χ1n) is 10.7. The molecule has 33 heavy (non-hydrogen) atoms. The zero-order valence-corrected chi connectivity index (χ0v) is 18.7. The number of aryl methyl sites for hydroxylation is 1. The van der Waals surface area contributed by atoms with E-state index in [1.807, 2.05) is 6.92 Å². The topological polar surface area (TPSA) is 59.2 Å². The Bertz CT molecular complexity index is 1280. The lowest BCUT2D eigenvalue weighted by Crippen LogP contribution is -2.30. The Morgan fingerprint density at radius 3 is 2.55 bits per heavy atom. The van der Waals surface area contributed by atoms with Crippen LogP contribution in [0.5, 0.6) is 0 Å². The molecule has 0 spiro atoms. The van der Waals surface area contributed by atoms with Gasteiger partial charge in [-0.25, -0.2) is 18.7 Å². The molecule has 1 fully saturated rings. The van der Waals surface area contributed by atoms with Crippen molar-refractivity contribution in [1.29, 1.82) is 0 Å². The number of halogens is 2. The molecule has 0 aliphatic carbocycles. The second kappa shape index (κ2) is 8.86. The second-order valence-electron chi connectivity index (χ2n) is 8.07. The van der Waals surface area contributed by atoms with Gasteiger partial charge in [-0.05, 0) is 61.7 Å². The van der Waals surface area contributed by atoms with Gasteiger partial charge in [-0.2, -0.15) is 0 Å². The first kappa shape index (κ1) is 21.5. The summed E-state index contributed by atoms with van der Waals surface area (Å²) in [5.74, 6) is 0.493. The van der Waals surface area contributed by atoms with Crippen LogP contribution in [0.4, 0.5) is 8.78 Å². The lowest BCUT2D eigenvalue weighted by Gasteiger charge is -2.21. The number of likely N-dealkylation sites (tertiary alicyclic amines) is 1. The number of rotatable bonds is 5. The summed E-state index contributed by atoms with van der Waals surface area (Å²) in [5.41, 5.74) is 2.35. The van der Waals surface area contributed by atoms with E-state index in [1.54, 1.807) is 35.4 Å². The van der Waals surface area contributed by atoms with Gasteiger partial charge < -0.3 is 9.32 Å². The molecule has 0 saturated carbocycles. The predicted molar refractivity (Wildman–Crippen MR) is 121 cm³/mol. The van der Waals surface area contributed by atoms with Gasteiger partial charge in [0.05, 0.1) is 11.9 Å². The molecule has 8 heteroatoms. The van der Waals surface area contributed by atoms with Crippen LogP contribution < -0.4 is 0 Å². The SMILES string of the molecule is Cc1nc(-c2ccc(F)cc2)sc1C(=O)N1CCCC1c1ncc(Cc2ccc(F)cc2)o1. The number of hydrogen-bond donors (Lipinski definition) is 0. The Hall–Kier alpha value is -3.39. The maximum atomic E-state index is 13.4. The van der Waals surface area contributed by atoms with Crippen LogP contribution in [0.1, 0.15) is 51.5 Å². The molecule has 1 saturated heterocycles. The Balaban J connectivity index is 1.35. The summed E-state index contributed by atoms with van der Waals surface area (Å²) in [6, 6.07) is 12.1. The highest BCUT2D eigenvalue weighted by Crippen LogP contribution is 2.36. The van der Waals surface area contributed by atoms with Crippen molar-refractivity contribution in [2.75, 3.05) is 6.54 Å². The Labute approximate surface area is 193 Å². The smallest absolute Gasteiger partial charge is 0.266 e. The summed E-state index contributed by atoms with van der Waals surface area (Å²) in [6.45, 7) is 2.43. The van der Waals surface area contributed by atoms with Crippen LogP contribution in [0.3, 0.4) is 0 Å². The van der Waals surface area contributed by atoms with Gasteiger partial charge in [0.25, 0.3) is 5.91 Å². The van der Waals surface area contributed by atoms with Crippen molar-refractivity contribution in [3.63, 3.8) is 0 Å². The maximum Gasteiger partial charge on any atom is 0.266 e. The Morgan fingerprint density at radius 1 is 1.12 bits per heavy atom. The van der Waals surface area contributed by atoms with E-state index in [0.717, 1.165) is 24.0 Å². The number of aromatic nitrogens is 2. The molecule has 0 radical (unpaired) electrons. The molecule has 4 aromatic rings. The van der Waals surface area contributed by atoms with Crippen molar-refractivity contribution in [2.24, 2.45) is 0 Å². The highest BCUT2D eigenvalue weighted by atomic mass is 32.1.